The van der Waals surface area contributed by atoms with Gasteiger partial charge in [-0.2, -0.15) is 0 Å². The lowest BCUT2D eigenvalue weighted by atomic mass is 9.82. The van der Waals surface area contributed by atoms with Crippen LogP contribution in [0.1, 0.15) is 46.6 Å². The monoisotopic (exact) mass is 285 g/mol. The molecule has 2 nitrogen and oxygen atoms in total. The number of hydrogen-bond donors (Lipinski definition) is 1. The molecule has 0 aliphatic heterocycles. The van der Waals surface area contributed by atoms with Gasteiger partial charge in [0.1, 0.15) is 5.75 Å². The number of halogens is 1. The average molecular weight is 286 g/mol. The molecule has 0 radical (unpaired) electrons. The second kappa shape index (κ2) is 7.16. The molecule has 0 unspecified atom stereocenters. The summed E-state index contributed by atoms with van der Waals surface area (Å²) in [6.07, 6.45) is 1.15. The lowest BCUT2D eigenvalue weighted by molar-refractivity contribution is 0.240. The van der Waals surface area contributed by atoms with Gasteiger partial charge in [-0.3, -0.25) is 0 Å². The highest BCUT2D eigenvalue weighted by molar-refractivity contribution is 5.85. The lowest BCUT2D eigenvalue weighted by Crippen LogP contribution is -2.41. The molecule has 0 saturated carbocycles. The first-order chi connectivity index (χ1) is 8.22. The van der Waals surface area contributed by atoms with E-state index < -0.39 is 0 Å². The number of nitrogens with one attached hydrogen (secondary N) is 1. The van der Waals surface area contributed by atoms with Gasteiger partial charge in [0.05, 0.1) is 7.11 Å². The van der Waals surface area contributed by atoms with Gasteiger partial charge in [0.25, 0.3) is 0 Å². The van der Waals surface area contributed by atoms with Crippen LogP contribution < -0.4 is 10.1 Å². The fourth-order valence-electron chi connectivity index (χ4n) is 2.47. The Morgan fingerprint density at radius 1 is 1.00 bits per heavy atom. The zero-order valence-corrected chi connectivity index (χ0v) is 13.9. The highest BCUT2D eigenvalue weighted by atomic mass is 35.5. The van der Waals surface area contributed by atoms with Crippen molar-refractivity contribution in [3.63, 3.8) is 0 Å². The molecule has 110 valence electrons. The van der Waals surface area contributed by atoms with E-state index in [9.17, 15) is 0 Å². The normalized spacial score (nSPS) is 11.9. The summed E-state index contributed by atoms with van der Waals surface area (Å²) >= 11 is 0. The van der Waals surface area contributed by atoms with Gasteiger partial charge >= 0.3 is 0 Å². The molecule has 0 amide bonds. The molecule has 0 atom stereocenters. The van der Waals surface area contributed by atoms with Crippen LogP contribution in [0.4, 0.5) is 0 Å². The largest absolute Gasteiger partial charge is 0.497 e. The van der Waals surface area contributed by atoms with Crippen molar-refractivity contribution in [1.29, 1.82) is 0 Å². The van der Waals surface area contributed by atoms with E-state index in [1.54, 1.807) is 7.11 Å². The van der Waals surface area contributed by atoms with Crippen LogP contribution in [0.5, 0.6) is 5.75 Å². The summed E-state index contributed by atoms with van der Waals surface area (Å²) in [5.74, 6) is 0.910. The van der Waals surface area contributed by atoms with E-state index in [-0.39, 0.29) is 17.9 Å². The fraction of sp³-hybridized carbons (Fsp3) is 0.625. The topological polar surface area (TPSA) is 21.3 Å². The van der Waals surface area contributed by atoms with E-state index in [2.05, 4.69) is 52.1 Å². The van der Waals surface area contributed by atoms with Gasteiger partial charge < -0.3 is 10.1 Å². The van der Waals surface area contributed by atoms with Crippen LogP contribution in [0.15, 0.2) is 24.3 Å². The second-order valence-corrected chi connectivity index (χ2v) is 6.82. The Hall–Kier alpha value is -0.730. The minimum absolute atomic E-state index is 0. The number of hydrogen-bond acceptors (Lipinski definition) is 2. The summed E-state index contributed by atoms with van der Waals surface area (Å²) in [5.41, 5.74) is 1.78. The molecule has 1 aromatic rings. The van der Waals surface area contributed by atoms with Crippen LogP contribution >= 0.6 is 12.4 Å². The fourth-order valence-corrected chi connectivity index (χ4v) is 2.47. The van der Waals surface area contributed by atoms with Crippen molar-refractivity contribution in [2.75, 3.05) is 7.11 Å². The maximum atomic E-state index is 5.16. The smallest absolute Gasteiger partial charge is 0.118 e. The highest BCUT2D eigenvalue weighted by Crippen LogP contribution is 2.27. The molecule has 0 heterocycles. The SMILES string of the molecule is COc1ccc(CNC(C)(C)CC(C)(C)C)cc1.Cl. The quantitative estimate of drug-likeness (QED) is 0.864. The Labute approximate surface area is 124 Å². The predicted octanol–water partition coefficient (Wildman–Crippen LogP) is 4.42. The van der Waals surface area contributed by atoms with E-state index in [0.29, 0.717) is 5.41 Å². The van der Waals surface area contributed by atoms with Crippen LogP contribution in [0, 0.1) is 5.41 Å². The molecule has 0 saturated heterocycles. The number of rotatable bonds is 5. The van der Waals surface area contributed by atoms with Gasteiger partial charge in [0, 0.05) is 12.1 Å². The lowest BCUT2D eigenvalue weighted by Gasteiger charge is -2.33. The Morgan fingerprint density at radius 2 is 1.53 bits per heavy atom. The van der Waals surface area contributed by atoms with Crippen LogP contribution in [0.3, 0.4) is 0 Å². The average Bonchev–Trinajstić information content (AvgIpc) is 2.24. The second-order valence-electron chi connectivity index (χ2n) is 6.82. The van der Waals surface area contributed by atoms with Crippen molar-refractivity contribution >= 4 is 12.4 Å². The molecule has 0 aliphatic rings. The molecule has 1 N–H and O–H groups in total. The predicted molar refractivity (Wildman–Crippen MR) is 85.2 cm³/mol. The minimum atomic E-state index is 0. The van der Waals surface area contributed by atoms with Gasteiger partial charge in [-0.15, -0.1) is 12.4 Å². The molecule has 3 heteroatoms. The van der Waals surface area contributed by atoms with E-state index in [1.807, 2.05) is 12.1 Å². The molecule has 0 spiro atoms. The summed E-state index contributed by atoms with van der Waals surface area (Å²) in [7, 11) is 1.69. The molecule has 1 aromatic carbocycles. The molecule has 19 heavy (non-hydrogen) atoms. The van der Waals surface area contributed by atoms with E-state index >= 15 is 0 Å². The molecule has 0 bridgehead atoms. The molecule has 0 fully saturated rings. The van der Waals surface area contributed by atoms with Crippen LogP contribution in [0.2, 0.25) is 0 Å². The Balaban J connectivity index is 0.00000324. The van der Waals surface area contributed by atoms with E-state index in [1.165, 1.54) is 5.56 Å². The molecule has 0 aromatic heterocycles. The van der Waals surface area contributed by atoms with Crippen molar-refractivity contribution in [3.05, 3.63) is 29.8 Å². The van der Waals surface area contributed by atoms with Crippen molar-refractivity contribution in [2.24, 2.45) is 5.41 Å². The summed E-state index contributed by atoms with van der Waals surface area (Å²) in [6.45, 7) is 12.3. The maximum absolute atomic E-state index is 5.16. The number of ether oxygens (including phenoxy) is 1. The minimum Gasteiger partial charge on any atom is -0.497 e. The zero-order valence-electron chi connectivity index (χ0n) is 13.0. The maximum Gasteiger partial charge on any atom is 0.118 e. The molecule has 1 rings (SSSR count). The molecular weight excluding hydrogens is 258 g/mol. The number of methoxy groups -OCH3 is 1. The van der Waals surface area contributed by atoms with Crippen molar-refractivity contribution in [1.82, 2.24) is 5.32 Å². The van der Waals surface area contributed by atoms with E-state index in [0.717, 1.165) is 18.7 Å². The van der Waals surface area contributed by atoms with Gasteiger partial charge in [0.15, 0.2) is 0 Å². The third kappa shape index (κ3) is 7.44. The molecular formula is C16H28ClNO. The van der Waals surface area contributed by atoms with Crippen LogP contribution in [-0.4, -0.2) is 12.6 Å². The van der Waals surface area contributed by atoms with Gasteiger partial charge in [-0.1, -0.05) is 32.9 Å². The zero-order chi connectivity index (χ0) is 13.8. The van der Waals surface area contributed by atoms with Gasteiger partial charge in [0.2, 0.25) is 0 Å². The molecule has 0 aliphatic carbocycles. The Bertz CT molecular complexity index is 365. The van der Waals surface area contributed by atoms with Crippen LogP contribution in [0.25, 0.3) is 0 Å². The summed E-state index contributed by atoms with van der Waals surface area (Å²) in [5, 5.41) is 3.63. The van der Waals surface area contributed by atoms with E-state index in [4.69, 9.17) is 4.74 Å². The summed E-state index contributed by atoms with van der Waals surface area (Å²) in [4.78, 5) is 0. The Morgan fingerprint density at radius 3 is 1.95 bits per heavy atom. The van der Waals surface area contributed by atoms with Crippen molar-refractivity contribution in [2.45, 2.75) is 53.1 Å². The van der Waals surface area contributed by atoms with Crippen molar-refractivity contribution < 1.29 is 4.74 Å². The third-order valence-corrected chi connectivity index (χ3v) is 2.90. The van der Waals surface area contributed by atoms with Crippen molar-refractivity contribution in [3.8, 4) is 5.75 Å². The first-order valence-electron chi connectivity index (χ1n) is 6.60. The first kappa shape index (κ1) is 18.3. The third-order valence-electron chi connectivity index (χ3n) is 2.90. The van der Waals surface area contributed by atoms with Gasteiger partial charge in [-0.25, -0.2) is 0 Å². The number of benzene rings is 1. The van der Waals surface area contributed by atoms with Crippen LogP contribution in [-0.2, 0) is 6.54 Å². The Kier molecular flexibility index (Phi) is 6.88. The summed E-state index contributed by atoms with van der Waals surface area (Å²) in [6, 6.07) is 8.24. The van der Waals surface area contributed by atoms with Gasteiger partial charge in [-0.05, 0) is 43.4 Å². The summed E-state index contributed by atoms with van der Waals surface area (Å²) < 4.78 is 5.16. The first-order valence-corrected chi connectivity index (χ1v) is 6.60. The highest BCUT2D eigenvalue weighted by Gasteiger charge is 2.24. The standard InChI is InChI=1S/C16H27NO.ClH/c1-15(2,3)12-16(4,5)17-11-13-7-9-14(18-6)10-8-13;/h7-10,17H,11-12H2,1-6H3;1H.